The van der Waals surface area contributed by atoms with Gasteiger partial charge in [0.1, 0.15) is 5.82 Å². The van der Waals surface area contributed by atoms with Gasteiger partial charge in [0.15, 0.2) is 5.82 Å². The van der Waals surface area contributed by atoms with Crippen LogP contribution in [0.5, 0.6) is 0 Å². The molecule has 0 aliphatic carbocycles. The largest absolute Gasteiger partial charge is 0.325 e. The topological polar surface area (TPSA) is 81.6 Å². The van der Waals surface area contributed by atoms with Crippen molar-refractivity contribution in [3.8, 4) is 11.4 Å². The molecule has 0 amide bonds. The van der Waals surface area contributed by atoms with Gasteiger partial charge in [-0.25, -0.2) is 15.8 Å². The first kappa shape index (κ1) is 12.3. The second-order valence-corrected chi connectivity index (χ2v) is 4.28. The van der Waals surface area contributed by atoms with E-state index < -0.39 is 0 Å². The van der Waals surface area contributed by atoms with E-state index in [1.54, 1.807) is 18.6 Å². The summed E-state index contributed by atoms with van der Waals surface area (Å²) in [6.07, 6.45) is 7.02. The van der Waals surface area contributed by atoms with Crippen LogP contribution in [-0.2, 0) is 6.54 Å². The van der Waals surface area contributed by atoms with E-state index >= 15 is 0 Å². The van der Waals surface area contributed by atoms with Crippen molar-refractivity contribution in [3.05, 3.63) is 60.8 Å². The number of benzene rings is 1. The van der Waals surface area contributed by atoms with E-state index in [-0.39, 0.29) is 0 Å². The molecule has 0 saturated carbocycles. The molecule has 0 aliphatic heterocycles. The Labute approximate surface area is 116 Å². The van der Waals surface area contributed by atoms with E-state index in [1.165, 1.54) is 0 Å². The van der Waals surface area contributed by atoms with Crippen LogP contribution in [0.15, 0.2) is 55.1 Å². The summed E-state index contributed by atoms with van der Waals surface area (Å²) in [5.74, 6) is 6.72. The number of hydrazine groups is 1. The number of rotatable bonds is 4. The maximum atomic E-state index is 5.27. The zero-order valence-electron chi connectivity index (χ0n) is 10.8. The van der Waals surface area contributed by atoms with Crippen LogP contribution < -0.4 is 11.3 Å². The average molecular weight is 266 g/mol. The molecule has 0 fully saturated rings. The molecule has 1 aromatic carbocycles. The molecule has 2 aromatic heterocycles. The first-order chi connectivity index (χ1) is 9.86. The minimum Gasteiger partial charge on any atom is -0.325 e. The predicted octanol–water partition coefficient (Wildman–Crippen LogP) is 1.67. The number of hydrogen-bond donors (Lipinski definition) is 2. The third-order valence-corrected chi connectivity index (χ3v) is 2.93. The van der Waals surface area contributed by atoms with Gasteiger partial charge >= 0.3 is 0 Å². The summed E-state index contributed by atoms with van der Waals surface area (Å²) < 4.78 is 2.04. The summed E-state index contributed by atoms with van der Waals surface area (Å²) in [6.45, 7) is 0.613. The van der Waals surface area contributed by atoms with Gasteiger partial charge in [-0.15, -0.1) is 0 Å². The highest BCUT2D eigenvalue weighted by molar-refractivity contribution is 5.55. The number of nitrogen functional groups attached to an aromatic ring is 1. The molecule has 100 valence electrons. The summed E-state index contributed by atoms with van der Waals surface area (Å²) in [4.78, 5) is 12.9. The van der Waals surface area contributed by atoms with E-state index in [4.69, 9.17) is 5.84 Å². The van der Waals surface area contributed by atoms with Gasteiger partial charge in [-0.1, -0.05) is 30.3 Å². The maximum Gasteiger partial charge on any atom is 0.158 e. The molecular weight excluding hydrogens is 252 g/mol. The number of hydrogen-bond acceptors (Lipinski definition) is 5. The zero-order valence-corrected chi connectivity index (χ0v) is 10.8. The van der Waals surface area contributed by atoms with Crippen molar-refractivity contribution in [1.82, 2.24) is 19.5 Å². The van der Waals surface area contributed by atoms with Crippen molar-refractivity contribution in [2.75, 3.05) is 5.43 Å². The quantitative estimate of drug-likeness (QED) is 0.554. The Balaban J connectivity index is 1.86. The van der Waals surface area contributed by atoms with E-state index in [2.05, 4.69) is 20.4 Å². The first-order valence-corrected chi connectivity index (χ1v) is 6.21. The summed E-state index contributed by atoms with van der Waals surface area (Å²) in [7, 11) is 0. The molecule has 0 atom stereocenters. The Kier molecular flexibility index (Phi) is 3.38. The van der Waals surface area contributed by atoms with Gasteiger partial charge in [0.05, 0.1) is 24.6 Å². The molecule has 3 N–H and O–H groups in total. The fourth-order valence-electron chi connectivity index (χ4n) is 1.97. The molecule has 0 bridgehead atoms. The third kappa shape index (κ3) is 2.50. The Hall–Kier alpha value is -2.73. The van der Waals surface area contributed by atoms with Crippen LogP contribution in [0.4, 0.5) is 5.82 Å². The highest BCUT2D eigenvalue weighted by atomic mass is 15.3. The van der Waals surface area contributed by atoms with Gasteiger partial charge < -0.3 is 9.99 Å². The van der Waals surface area contributed by atoms with Gasteiger partial charge in [-0.05, 0) is 0 Å². The number of imidazole rings is 1. The average Bonchev–Trinajstić information content (AvgIpc) is 2.97. The van der Waals surface area contributed by atoms with Crippen molar-refractivity contribution in [2.45, 2.75) is 6.54 Å². The second kappa shape index (κ2) is 5.50. The molecule has 0 saturated heterocycles. The maximum absolute atomic E-state index is 5.27. The van der Waals surface area contributed by atoms with Gasteiger partial charge in [-0.2, -0.15) is 0 Å². The summed E-state index contributed by atoms with van der Waals surface area (Å²) in [5.41, 5.74) is 4.38. The van der Waals surface area contributed by atoms with Crippen LogP contribution >= 0.6 is 0 Å². The summed E-state index contributed by atoms with van der Waals surface area (Å²) in [5, 5.41) is 0. The summed E-state index contributed by atoms with van der Waals surface area (Å²) in [6, 6.07) is 10.0. The fourth-order valence-corrected chi connectivity index (χ4v) is 1.97. The number of nitrogens with one attached hydrogen (secondary N) is 1. The van der Waals surface area contributed by atoms with Gasteiger partial charge in [0, 0.05) is 18.0 Å². The van der Waals surface area contributed by atoms with Crippen LogP contribution in [0.25, 0.3) is 11.4 Å². The standard InChI is InChI=1S/C14H14N6/c15-19-13-9-17-12(8-18-13)10-20-7-6-16-14(20)11-4-2-1-3-5-11/h1-9H,10,15H2,(H,18,19). The Morgan fingerprint density at radius 2 is 1.90 bits per heavy atom. The lowest BCUT2D eigenvalue weighted by Crippen LogP contribution is -2.10. The monoisotopic (exact) mass is 266 g/mol. The highest BCUT2D eigenvalue weighted by Gasteiger charge is 2.06. The number of aromatic nitrogens is 4. The molecule has 2 heterocycles. The third-order valence-electron chi connectivity index (χ3n) is 2.93. The molecule has 0 unspecified atom stereocenters. The van der Waals surface area contributed by atoms with Gasteiger partial charge in [0.25, 0.3) is 0 Å². The van der Waals surface area contributed by atoms with E-state index in [0.717, 1.165) is 17.1 Å². The van der Waals surface area contributed by atoms with Crippen LogP contribution in [0.2, 0.25) is 0 Å². The Morgan fingerprint density at radius 3 is 2.60 bits per heavy atom. The Bertz CT molecular complexity index is 674. The number of anilines is 1. The van der Waals surface area contributed by atoms with E-state index in [9.17, 15) is 0 Å². The van der Waals surface area contributed by atoms with Crippen LogP contribution in [-0.4, -0.2) is 19.5 Å². The summed E-state index contributed by atoms with van der Waals surface area (Å²) >= 11 is 0. The van der Waals surface area contributed by atoms with Crippen molar-refractivity contribution in [3.63, 3.8) is 0 Å². The molecule has 3 aromatic rings. The van der Waals surface area contributed by atoms with Crippen LogP contribution in [0, 0.1) is 0 Å². The van der Waals surface area contributed by atoms with Gasteiger partial charge in [-0.3, -0.25) is 4.98 Å². The van der Waals surface area contributed by atoms with Crippen LogP contribution in [0.1, 0.15) is 5.69 Å². The van der Waals surface area contributed by atoms with E-state index in [0.29, 0.717) is 12.4 Å². The first-order valence-electron chi connectivity index (χ1n) is 6.21. The number of nitrogens with two attached hydrogens (primary N) is 1. The van der Waals surface area contributed by atoms with Gasteiger partial charge in [0.2, 0.25) is 0 Å². The lowest BCUT2D eigenvalue weighted by molar-refractivity contribution is 0.776. The van der Waals surface area contributed by atoms with Crippen molar-refractivity contribution < 1.29 is 0 Å². The highest BCUT2D eigenvalue weighted by Crippen LogP contribution is 2.17. The molecular formula is C14H14N6. The smallest absolute Gasteiger partial charge is 0.158 e. The molecule has 0 spiro atoms. The SMILES string of the molecule is NNc1cnc(Cn2ccnc2-c2ccccc2)cn1. The predicted molar refractivity (Wildman–Crippen MR) is 76.6 cm³/mol. The normalized spacial score (nSPS) is 10.4. The number of nitrogens with zero attached hydrogens (tertiary/aromatic N) is 4. The molecule has 6 heteroatoms. The fraction of sp³-hybridized carbons (Fsp3) is 0.0714. The van der Waals surface area contributed by atoms with E-state index in [1.807, 2.05) is 41.1 Å². The minimum absolute atomic E-state index is 0.544. The Morgan fingerprint density at radius 1 is 1.05 bits per heavy atom. The minimum atomic E-state index is 0.544. The molecule has 20 heavy (non-hydrogen) atoms. The molecule has 6 nitrogen and oxygen atoms in total. The molecule has 3 rings (SSSR count). The lowest BCUT2D eigenvalue weighted by Gasteiger charge is -2.07. The molecule has 0 aliphatic rings. The lowest BCUT2D eigenvalue weighted by atomic mass is 10.2. The molecule has 0 radical (unpaired) electrons. The van der Waals surface area contributed by atoms with Crippen molar-refractivity contribution in [1.29, 1.82) is 0 Å². The zero-order chi connectivity index (χ0) is 13.8. The second-order valence-electron chi connectivity index (χ2n) is 4.28. The van der Waals surface area contributed by atoms with Crippen LogP contribution in [0.3, 0.4) is 0 Å². The van der Waals surface area contributed by atoms with Crippen molar-refractivity contribution in [2.24, 2.45) is 5.84 Å². The van der Waals surface area contributed by atoms with Crippen molar-refractivity contribution >= 4 is 5.82 Å².